The number of hydrogen-bond acceptors (Lipinski definition) is 3. The van der Waals surface area contributed by atoms with Crippen LogP contribution in [0.25, 0.3) is 0 Å². The van der Waals surface area contributed by atoms with Gasteiger partial charge in [-0.25, -0.2) is 18.2 Å². The van der Waals surface area contributed by atoms with Crippen LogP contribution < -0.4 is 10.2 Å². The molecule has 0 atom stereocenters. The third-order valence-corrected chi connectivity index (χ3v) is 4.85. The summed E-state index contributed by atoms with van der Waals surface area (Å²) in [5.41, 5.74) is 0.592. The first-order valence-corrected chi connectivity index (χ1v) is 9.56. The van der Waals surface area contributed by atoms with Gasteiger partial charge >= 0.3 is 0 Å². The van der Waals surface area contributed by atoms with E-state index < -0.39 is 29.3 Å². The maximum absolute atomic E-state index is 13.6. The number of anilines is 3. The Bertz CT molecular complexity index is 1150. The second-order valence-electron chi connectivity index (χ2n) is 6.43. The Kier molecular flexibility index (Phi) is 6.82. The molecule has 10 heteroatoms. The summed E-state index contributed by atoms with van der Waals surface area (Å²) in [4.78, 5) is 29.7. The van der Waals surface area contributed by atoms with Crippen molar-refractivity contribution in [3.05, 3.63) is 81.7 Å². The number of hydrogen-bond donors (Lipinski definition) is 1. The highest BCUT2D eigenvalue weighted by Gasteiger charge is 2.19. The van der Waals surface area contributed by atoms with E-state index in [0.717, 1.165) is 29.2 Å². The number of carbonyl (C=O) groups excluding carboxylic acids is 2. The summed E-state index contributed by atoms with van der Waals surface area (Å²) in [6.45, 7) is 1.23. The van der Waals surface area contributed by atoms with Gasteiger partial charge < -0.3 is 5.32 Å². The number of pyridine rings is 1. The number of rotatable bonds is 5. The Hall–Kier alpha value is -3.10. The van der Waals surface area contributed by atoms with E-state index >= 15 is 0 Å². The van der Waals surface area contributed by atoms with E-state index in [-0.39, 0.29) is 39.2 Å². The molecule has 0 aliphatic rings. The van der Waals surface area contributed by atoms with Crippen LogP contribution in [0, 0.1) is 17.5 Å². The summed E-state index contributed by atoms with van der Waals surface area (Å²) in [5, 5.41) is 2.63. The van der Waals surface area contributed by atoms with Crippen LogP contribution in [-0.4, -0.2) is 16.8 Å². The maximum atomic E-state index is 13.6. The average molecular weight is 468 g/mol. The number of halogens is 5. The summed E-state index contributed by atoms with van der Waals surface area (Å²) in [7, 11) is 0. The van der Waals surface area contributed by atoms with Crippen LogP contribution in [0.5, 0.6) is 0 Å². The summed E-state index contributed by atoms with van der Waals surface area (Å²) in [6, 6.07) is 7.93. The third kappa shape index (κ3) is 5.34. The zero-order valence-electron chi connectivity index (χ0n) is 15.9. The molecule has 0 saturated carbocycles. The van der Waals surface area contributed by atoms with E-state index in [1.54, 1.807) is 0 Å². The van der Waals surface area contributed by atoms with Crippen LogP contribution >= 0.6 is 23.2 Å². The summed E-state index contributed by atoms with van der Waals surface area (Å²) in [6.07, 6.45) is 1.10. The van der Waals surface area contributed by atoms with Crippen molar-refractivity contribution < 1.29 is 22.8 Å². The molecule has 0 unspecified atom stereocenters. The molecule has 160 valence electrons. The van der Waals surface area contributed by atoms with Crippen LogP contribution in [0.3, 0.4) is 0 Å². The molecule has 0 saturated heterocycles. The molecule has 2 amide bonds. The van der Waals surface area contributed by atoms with Gasteiger partial charge in [-0.2, -0.15) is 0 Å². The normalized spacial score (nSPS) is 10.6. The van der Waals surface area contributed by atoms with Crippen molar-refractivity contribution in [2.75, 3.05) is 10.2 Å². The number of amides is 2. The molecule has 1 heterocycles. The van der Waals surface area contributed by atoms with Crippen molar-refractivity contribution in [1.82, 2.24) is 4.98 Å². The smallest absolute Gasteiger partial charge is 0.229 e. The highest BCUT2D eigenvalue weighted by atomic mass is 35.5. The first-order chi connectivity index (χ1) is 14.7. The predicted octanol–water partition coefficient (Wildman–Crippen LogP) is 5.67. The minimum absolute atomic E-state index is 0.0108. The Balaban J connectivity index is 1.84. The number of nitrogens with zero attached hydrogens (tertiary/aromatic N) is 2. The van der Waals surface area contributed by atoms with E-state index in [4.69, 9.17) is 23.2 Å². The topological polar surface area (TPSA) is 62.3 Å². The standard InChI is InChI=1S/C21H14Cl2F3N3O2/c1-11(30)29(14-2-3-18(25)19(26)9-14)20-8-13(4-5-27-20)28-21(31)10-15-16(22)6-12(24)7-17(15)23/h2-9H,10H2,1H3,(H,27,28,31). The minimum atomic E-state index is -1.12. The molecule has 3 rings (SSSR count). The van der Waals surface area contributed by atoms with Crippen LogP contribution in [-0.2, 0) is 16.0 Å². The van der Waals surface area contributed by atoms with Gasteiger partial charge in [0.2, 0.25) is 11.8 Å². The monoisotopic (exact) mass is 467 g/mol. The zero-order chi connectivity index (χ0) is 22.7. The molecule has 1 aromatic heterocycles. The fourth-order valence-corrected chi connectivity index (χ4v) is 3.42. The summed E-state index contributed by atoms with van der Waals surface area (Å²) in [5.74, 6) is -3.74. The number of aromatic nitrogens is 1. The van der Waals surface area contributed by atoms with Crippen LogP contribution in [0.2, 0.25) is 10.0 Å². The zero-order valence-corrected chi connectivity index (χ0v) is 17.4. The third-order valence-electron chi connectivity index (χ3n) is 4.18. The van der Waals surface area contributed by atoms with Crippen molar-refractivity contribution in [2.45, 2.75) is 13.3 Å². The maximum Gasteiger partial charge on any atom is 0.229 e. The van der Waals surface area contributed by atoms with Crippen LogP contribution in [0.4, 0.5) is 30.4 Å². The number of carbonyl (C=O) groups is 2. The van der Waals surface area contributed by atoms with E-state index in [1.165, 1.54) is 31.3 Å². The van der Waals surface area contributed by atoms with Crippen molar-refractivity contribution >= 4 is 52.2 Å². The Morgan fingerprint density at radius 3 is 2.29 bits per heavy atom. The largest absolute Gasteiger partial charge is 0.326 e. The fourth-order valence-electron chi connectivity index (χ4n) is 2.82. The van der Waals surface area contributed by atoms with Gasteiger partial charge in [-0.05, 0) is 35.9 Å². The fraction of sp³-hybridized carbons (Fsp3) is 0.0952. The Morgan fingerprint density at radius 1 is 1.00 bits per heavy atom. The molecule has 2 aromatic carbocycles. The van der Waals surface area contributed by atoms with Gasteiger partial charge in [0.25, 0.3) is 0 Å². The Morgan fingerprint density at radius 2 is 1.68 bits per heavy atom. The van der Waals surface area contributed by atoms with Gasteiger partial charge in [0.15, 0.2) is 11.6 Å². The SMILES string of the molecule is CC(=O)N(c1ccc(F)c(F)c1)c1cc(NC(=O)Cc2c(Cl)cc(F)cc2Cl)ccn1. The van der Waals surface area contributed by atoms with Gasteiger partial charge in [0, 0.05) is 41.0 Å². The van der Waals surface area contributed by atoms with Crippen molar-refractivity contribution in [1.29, 1.82) is 0 Å². The first kappa shape index (κ1) is 22.6. The molecule has 31 heavy (non-hydrogen) atoms. The second-order valence-corrected chi connectivity index (χ2v) is 7.24. The lowest BCUT2D eigenvalue weighted by Gasteiger charge is -2.21. The molecule has 1 N–H and O–H groups in total. The lowest BCUT2D eigenvalue weighted by atomic mass is 10.1. The predicted molar refractivity (Wildman–Crippen MR) is 112 cm³/mol. The van der Waals surface area contributed by atoms with Gasteiger partial charge in [-0.15, -0.1) is 0 Å². The van der Waals surface area contributed by atoms with E-state index in [0.29, 0.717) is 0 Å². The van der Waals surface area contributed by atoms with Crippen molar-refractivity contribution in [3.8, 4) is 0 Å². The summed E-state index contributed by atoms with van der Waals surface area (Å²) >= 11 is 11.9. The van der Waals surface area contributed by atoms with Gasteiger partial charge in [0.1, 0.15) is 11.6 Å². The average Bonchev–Trinajstić information content (AvgIpc) is 2.67. The van der Waals surface area contributed by atoms with E-state index in [1.807, 2.05) is 0 Å². The lowest BCUT2D eigenvalue weighted by molar-refractivity contribution is -0.116. The second kappa shape index (κ2) is 9.36. The molecular formula is C21H14Cl2F3N3O2. The van der Waals surface area contributed by atoms with Crippen LogP contribution in [0.1, 0.15) is 12.5 Å². The highest BCUT2D eigenvalue weighted by Crippen LogP contribution is 2.29. The number of benzene rings is 2. The lowest BCUT2D eigenvalue weighted by Crippen LogP contribution is -2.24. The van der Waals surface area contributed by atoms with Gasteiger partial charge in [-0.1, -0.05) is 23.2 Å². The van der Waals surface area contributed by atoms with E-state index in [2.05, 4.69) is 10.3 Å². The molecule has 0 bridgehead atoms. The van der Waals surface area contributed by atoms with Crippen LogP contribution in [0.15, 0.2) is 48.7 Å². The van der Waals surface area contributed by atoms with Crippen molar-refractivity contribution in [2.24, 2.45) is 0 Å². The first-order valence-electron chi connectivity index (χ1n) is 8.80. The molecule has 5 nitrogen and oxygen atoms in total. The summed E-state index contributed by atoms with van der Waals surface area (Å²) < 4.78 is 40.2. The molecule has 3 aromatic rings. The van der Waals surface area contributed by atoms with Gasteiger partial charge in [0.05, 0.1) is 12.1 Å². The quantitative estimate of drug-likeness (QED) is 0.525. The Labute approximate surface area is 185 Å². The minimum Gasteiger partial charge on any atom is -0.326 e. The molecule has 0 aliphatic heterocycles. The molecule has 0 aliphatic carbocycles. The molecule has 0 radical (unpaired) electrons. The molecule has 0 fully saturated rings. The number of nitrogens with one attached hydrogen (secondary N) is 1. The molecular weight excluding hydrogens is 454 g/mol. The van der Waals surface area contributed by atoms with Crippen molar-refractivity contribution in [3.63, 3.8) is 0 Å². The highest BCUT2D eigenvalue weighted by molar-refractivity contribution is 6.36. The molecule has 0 spiro atoms. The van der Waals surface area contributed by atoms with Gasteiger partial charge in [-0.3, -0.25) is 14.5 Å². The van der Waals surface area contributed by atoms with E-state index in [9.17, 15) is 22.8 Å².